The molecule has 4 aromatic carbocycles. The van der Waals surface area contributed by atoms with Gasteiger partial charge in [-0.25, -0.2) is 0 Å². The summed E-state index contributed by atoms with van der Waals surface area (Å²) in [5.41, 5.74) is 17.1. The van der Waals surface area contributed by atoms with Crippen LogP contribution in [0.5, 0.6) is 0 Å². The first-order valence-electron chi connectivity index (χ1n) is 17.7. The summed E-state index contributed by atoms with van der Waals surface area (Å²) in [6.07, 6.45) is 15.1. The summed E-state index contributed by atoms with van der Waals surface area (Å²) in [5.74, 6) is 0. The number of hydrogen-bond acceptors (Lipinski definition) is 0. The van der Waals surface area contributed by atoms with Gasteiger partial charge in [0.25, 0.3) is 0 Å². The van der Waals surface area contributed by atoms with Crippen molar-refractivity contribution in [1.29, 1.82) is 0 Å². The van der Waals surface area contributed by atoms with Gasteiger partial charge >= 0.3 is 308 Å². The fourth-order valence-corrected chi connectivity index (χ4v) is 21.5. The summed E-state index contributed by atoms with van der Waals surface area (Å²) < 4.78 is 7.32. The minimum absolute atomic E-state index is 0. The average molecular weight is 830 g/mol. The van der Waals surface area contributed by atoms with Gasteiger partial charge in [-0.3, -0.25) is 0 Å². The zero-order valence-electron chi connectivity index (χ0n) is 30.2. The molecule has 0 radical (unpaired) electrons. The van der Waals surface area contributed by atoms with Gasteiger partial charge in [-0.2, -0.15) is 0 Å². The SMILES string of the molecule is CC1=CCC(C)(C)c2cc3c(cc21)-c1cc2c(cc1[CH]3[Zr+2](=[CH]c1ccc(Cl)cc1)(=[CH]c1ccc(Cl)cc1)[C]1=CC=CC1)C(C)(C)CC=C2C.[Cl-].[Cl-]. The maximum Gasteiger partial charge on any atom is -1.00 e. The maximum atomic E-state index is 6.48. The molecule has 0 bridgehead atoms. The molecule has 4 aliphatic carbocycles. The molecule has 0 aliphatic heterocycles. The quantitative estimate of drug-likeness (QED) is 0.209. The number of benzene rings is 4. The van der Waals surface area contributed by atoms with Crippen LogP contribution in [-0.2, 0) is 30.1 Å². The Balaban J connectivity index is 0.00000224. The smallest absolute Gasteiger partial charge is 1.00 e. The van der Waals surface area contributed by atoms with Crippen molar-refractivity contribution in [1.82, 2.24) is 0 Å². The summed E-state index contributed by atoms with van der Waals surface area (Å²) in [7, 11) is 0. The zero-order chi connectivity index (χ0) is 34.3. The molecule has 4 aliphatic rings. The van der Waals surface area contributed by atoms with Gasteiger partial charge in [-0.05, 0) is 0 Å². The van der Waals surface area contributed by atoms with Crippen molar-refractivity contribution < 1.29 is 44.1 Å². The molecule has 4 aromatic rings. The summed E-state index contributed by atoms with van der Waals surface area (Å²) in [6.45, 7) is 14.3. The second-order valence-corrected chi connectivity index (χ2v) is 25.9. The van der Waals surface area contributed by atoms with Crippen molar-refractivity contribution in [3.8, 4) is 11.1 Å². The summed E-state index contributed by atoms with van der Waals surface area (Å²) in [6, 6.07) is 27.5. The van der Waals surface area contributed by atoms with Crippen LogP contribution in [0.2, 0.25) is 10.0 Å². The van der Waals surface area contributed by atoms with Crippen molar-refractivity contribution in [3.05, 3.63) is 161 Å². The minimum Gasteiger partial charge on any atom is -1.00 e. The molecule has 0 saturated carbocycles. The molecule has 0 atom stereocenters. The molecule has 0 amide bonds. The predicted molar refractivity (Wildman–Crippen MR) is 211 cm³/mol. The topological polar surface area (TPSA) is 0 Å². The number of hydrogen-bond donors (Lipinski definition) is 0. The van der Waals surface area contributed by atoms with Crippen molar-refractivity contribution in [3.63, 3.8) is 0 Å². The van der Waals surface area contributed by atoms with Crippen LogP contribution in [0.4, 0.5) is 0 Å². The van der Waals surface area contributed by atoms with E-state index < -0.39 is 19.3 Å². The first kappa shape index (κ1) is 38.4. The van der Waals surface area contributed by atoms with E-state index in [0.29, 0.717) is 0 Å². The van der Waals surface area contributed by atoms with Crippen LogP contribution in [0.1, 0.15) is 109 Å². The van der Waals surface area contributed by atoms with E-state index in [-0.39, 0.29) is 39.3 Å². The van der Waals surface area contributed by atoms with E-state index in [1.165, 1.54) is 66.8 Å². The van der Waals surface area contributed by atoms with E-state index in [9.17, 15) is 0 Å². The van der Waals surface area contributed by atoms with Crippen molar-refractivity contribution in [2.24, 2.45) is 0 Å². The second kappa shape index (κ2) is 14.1. The van der Waals surface area contributed by atoms with Gasteiger partial charge in [-0.15, -0.1) is 0 Å². The number of allylic oxidation sites excluding steroid dienone is 8. The Morgan fingerprint density at radius 2 is 1.06 bits per heavy atom. The van der Waals surface area contributed by atoms with Gasteiger partial charge in [0, 0.05) is 0 Å². The summed E-state index contributed by atoms with van der Waals surface area (Å²) >= 11 is 9.08. The molecular formula is C46H44Cl4Zr. The van der Waals surface area contributed by atoms with E-state index in [2.05, 4.69) is 128 Å². The molecule has 0 spiro atoms. The molecule has 0 heterocycles. The largest absolute Gasteiger partial charge is 1.00 e. The minimum atomic E-state index is -3.88. The first-order valence-corrected chi connectivity index (χ1v) is 23.9. The van der Waals surface area contributed by atoms with E-state index in [0.717, 1.165) is 29.3 Å². The van der Waals surface area contributed by atoms with Crippen LogP contribution in [0.3, 0.4) is 0 Å². The third kappa shape index (κ3) is 6.59. The Morgan fingerprint density at radius 1 is 0.627 bits per heavy atom. The van der Waals surface area contributed by atoms with Gasteiger partial charge < -0.3 is 24.8 Å². The Hall–Kier alpha value is -2.38. The van der Waals surface area contributed by atoms with Gasteiger partial charge in [0.1, 0.15) is 0 Å². The maximum absolute atomic E-state index is 6.48. The van der Waals surface area contributed by atoms with E-state index in [1.54, 1.807) is 3.28 Å². The monoisotopic (exact) mass is 826 g/mol. The fraction of sp³-hybridized carbons (Fsp3) is 0.261. The fourth-order valence-electron chi connectivity index (χ4n) is 8.90. The number of rotatable bonds is 4. The van der Waals surface area contributed by atoms with Gasteiger partial charge in [0.2, 0.25) is 0 Å². The molecule has 8 rings (SSSR count). The normalized spacial score (nSPS) is 17.1. The van der Waals surface area contributed by atoms with Crippen LogP contribution in [0.15, 0.2) is 106 Å². The Labute approximate surface area is 330 Å². The molecule has 0 unspecified atom stereocenters. The Morgan fingerprint density at radius 3 is 1.45 bits per heavy atom. The molecule has 0 saturated heterocycles. The van der Waals surface area contributed by atoms with Crippen LogP contribution < -0.4 is 24.8 Å². The Bertz CT molecular complexity index is 2160. The van der Waals surface area contributed by atoms with Gasteiger partial charge in [0.15, 0.2) is 0 Å². The zero-order valence-corrected chi connectivity index (χ0v) is 35.7. The van der Waals surface area contributed by atoms with E-state index in [4.69, 9.17) is 23.2 Å². The first-order chi connectivity index (χ1) is 23.4. The molecule has 0 aromatic heterocycles. The molecule has 0 N–H and O–H groups in total. The molecular weight excluding hydrogens is 786 g/mol. The van der Waals surface area contributed by atoms with E-state index in [1.807, 2.05) is 24.3 Å². The van der Waals surface area contributed by atoms with Crippen molar-refractivity contribution in [2.75, 3.05) is 0 Å². The average Bonchev–Trinajstić information content (AvgIpc) is 3.73. The third-order valence-corrected chi connectivity index (χ3v) is 23.8. The number of halogens is 4. The molecule has 0 nitrogen and oxygen atoms in total. The van der Waals surface area contributed by atoms with Crippen molar-refractivity contribution in [2.45, 2.75) is 75.3 Å². The molecule has 0 fully saturated rings. The standard InChI is InChI=1S/C27H29.2C7H5Cl.C5H5.2ClH.Zr/c1-16-7-9-26(3,4)24-12-18-11-19-13-25-21(17(2)8-10-27(25,5)6)15-23(19)22(18)14-20(16)24;2*1-6-2-4-7(8)5-3-6;1-2-4-5-3-1;;;/h7-8,11-15H,9-10H2,1-6H3;2*1-5H;1-3H,4H2;2*1H;/q;;;;;;+2/p-2. The van der Waals surface area contributed by atoms with Crippen molar-refractivity contribution >= 4 is 41.8 Å². The summed E-state index contributed by atoms with van der Waals surface area (Å²) in [4.78, 5) is 0. The van der Waals surface area contributed by atoms with Crippen LogP contribution >= 0.6 is 23.2 Å². The van der Waals surface area contributed by atoms with Gasteiger partial charge in [0.05, 0.1) is 0 Å². The van der Waals surface area contributed by atoms with Crippen LogP contribution in [-0.4, -0.2) is 7.42 Å². The van der Waals surface area contributed by atoms with Crippen LogP contribution in [0, 0.1) is 0 Å². The molecule has 260 valence electrons. The molecule has 51 heavy (non-hydrogen) atoms. The number of fused-ring (bicyclic) bond motifs is 5. The molecule has 5 heteroatoms. The third-order valence-electron chi connectivity index (χ3n) is 11.8. The predicted octanol–water partition coefficient (Wildman–Crippen LogP) is 6.94. The van der Waals surface area contributed by atoms with E-state index >= 15 is 0 Å². The second-order valence-electron chi connectivity index (χ2n) is 16.0. The Kier molecular flexibility index (Phi) is 10.6. The summed E-state index contributed by atoms with van der Waals surface area (Å²) in [5, 5.41) is 1.54. The van der Waals surface area contributed by atoms with Crippen LogP contribution in [0.25, 0.3) is 22.3 Å². The van der Waals surface area contributed by atoms with Gasteiger partial charge in [-0.1, -0.05) is 0 Å².